The maximum atomic E-state index is 13.4. The molecule has 27 heavy (non-hydrogen) atoms. The Labute approximate surface area is 157 Å². The zero-order chi connectivity index (χ0) is 19.8. The Morgan fingerprint density at radius 3 is 2.33 bits per heavy atom. The SMILES string of the molecule is CC(C)(C)c1cnc(CN2CCN(S(=O)(=O)c3ccc(F)c(F)c3)CC2)o1. The van der Waals surface area contributed by atoms with E-state index in [1.807, 2.05) is 20.8 Å². The fourth-order valence-corrected chi connectivity index (χ4v) is 4.27. The van der Waals surface area contributed by atoms with Crippen molar-refractivity contribution in [1.29, 1.82) is 0 Å². The monoisotopic (exact) mass is 399 g/mol. The number of aromatic nitrogens is 1. The normalized spacial score (nSPS) is 17.4. The molecule has 0 N–H and O–H groups in total. The first-order valence-electron chi connectivity index (χ1n) is 8.70. The third-order valence-corrected chi connectivity index (χ3v) is 6.41. The van der Waals surface area contributed by atoms with Crippen LogP contribution in [-0.4, -0.2) is 48.8 Å². The number of hydrogen-bond donors (Lipinski definition) is 0. The number of sulfonamides is 1. The first-order chi connectivity index (χ1) is 12.6. The Balaban J connectivity index is 1.63. The smallest absolute Gasteiger partial charge is 0.243 e. The van der Waals surface area contributed by atoms with E-state index >= 15 is 0 Å². The van der Waals surface area contributed by atoms with Crippen LogP contribution in [0.1, 0.15) is 32.4 Å². The Morgan fingerprint density at radius 1 is 1.11 bits per heavy atom. The van der Waals surface area contributed by atoms with E-state index in [1.54, 1.807) is 6.20 Å². The van der Waals surface area contributed by atoms with Gasteiger partial charge in [0.15, 0.2) is 11.6 Å². The highest BCUT2D eigenvalue weighted by molar-refractivity contribution is 7.89. The maximum absolute atomic E-state index is 13.4. The molecule has 1 aromatic carbocycles. The van der Waals surface area contributed by atoms with Gasteiger partial charge in [0.05, 0.1) is 17.6 Å². The molecule has 0 amide bonds. The van der Waals surface area contributed by atoms with Crippen LogP contribution >= 0.6 is 0 Å². The first-order valence-corrected chi connectivity index (χ1v) is 10.1. The summed E-state index contributed by atoms with van der Waals surface area (Å²) in [5.41, 5.74) is -0.123. The molecule has 0 saturated carbocycles. The van der Waals surface area contributed by atoms with Crippen LogP contribution in [-0.2, 0) is 22.0 Å². The van der Waals surface area contributed by atoms with Crippen LogP contribution in [0.5, 0.6) is 0 Å². The van der Waals surface area contributed by atoms with Crippen LogP contribution in [0.4, 0.5) is 8.78 Å². The molecule has 0 bridgehead atoms. The average molecular weight is 399 g/mol. The number of piperazine rings is 1. The minimum absolute atomic E-state index is 0.123. The third-order valence-electron chi connectivity index (χ3n) is 4.51. The number of benzene rings is 1. The van der Waals surface area contributed by atoms with E-state index in [2.05, 4.69) is 9.88 Å². The van der Waals surface area contributed by atoms with E-state index in [1.165, 1.54) is 4.31 Å². The van der Waals surface area contributed by atoms with Gasteiger partial charge < -0.3 is 4.42 Å². The molecule has 0 radical (unpaired) electrons. The van der Waals surface area contributed by atoms with Crippen molar-refractivity contribution in [1.82, 2.24) is 14.2 Å². The van der Waals surface area contributed by atoms with Crippen molar-refractivity contribution in [3.63, 3.8) is 0 Å². The molecule has 0 spiro atoms. The Morgan fingerprint density at radius 2 is 1.78 bits per heavy atom. The molecule has 2 aromatic rings. The second kappa shape index (κ2) is 7.29. The number of hydrogen-bond acceptors (Lipinski definition) is 5. The van der Waals surface area contributed by atoms with E-state index in [-0.39, 0.29) is 23.4 Å². The second-order valence-corrected chi connectivity index (χ2v) is 9.56. The number of nitrogens with zero attached hydrogens (tertiary/aromatic N) is 3. The van der Waals surface area contributed by atoms with E-state index < -0.39 is 21.7 Å². The van der Waals surface area contributed by atoms with Gasteiger partial charge in [-0.3, -0.25) is 4.90 Å². The Kier molecular flexibility index (Phi) is 5.38. The highest BCUT2D eigenvalue weighted by Gasteiger charge is 2.30. The van der Waals surface area contributed by atoms with E-state index in [9.17, 15) is 17.2 Å². The summed E-state index contributed by atoms with van der Waals surface area (Å²) in [7, 11) is -3.85. The van der Waals surface area contributed by atoms with Crippen molar-refractivity contribution in [2.75, 3.05) is 26.2 Å². The van der Waals surface area contributed by atoms with E-state index in [0.29, 0.717) is 25.5 Å². The lowest BCUT2D eigenvalue weighted by Crippen LogP contribution is -2.48. The van der Waals surface area contributed by atoms with Gasteiger partial charge in [0.2, 0.25) is 15.9 Å². The van der Waals surface area contributed by atoms with Gasteiger partial charge in [-0.05, 0) is 18.2 Å². The van der Waals surface area contributed by atoms with Gasteiger partial charge in [-0.2, -0.15) is 4.31 Å². The summed E-state index contributed by atoms with van der Waals surface area (Å²) >= 11 is 0. The molecule has 0 atom stereocenters. The van der Waals surface area contributed by atoms with Gasteiger partial charge in [-0.15, -0.1) is 0 Å². The lowest BCUT2D eigenvalue weighted by Gasteiger charge is -2.33. The molecule has 1 aromatic heterocycles. The fourth-order valence-electron chi connectivity index (χ4n) is 2.84. The van der Waals surface area contributed by atoms with Crippen molar-refractivity contribution < 1.29 is 21.6 Å². The Hall–Kier alpha value is -1.84. The number of halogens is 2. The predicted molar refractivity (Wildman–Crippen MR) is 95.6 cm³/mol. The van der Waals surface area contributed by atoms with Crippen molar-refractivity contribution in [2.45, 2.75) is 37.6 Å². The molecule has 0 unspecified atom stereocenters. The van der Waals surface area contributed by atoms with Crippen LogP contribution < -0.4 is 0 Å². The van der Waals surface area contributed by atoms with Gasteiger partial charge in [0, 0.05) is 31.6 Å². The highest BCUT2D eigenvalue weighted by atomic mass is 32.2. The molecule has 2 heterocycles. The van der Waals surface area contributed by atoms with Gasteiger partial charge >= 0.3 is 0 Å². The molecule has 1 saturated heterocycles. The average Bonchev–Trinajstić information content (AvgIpc) is 3.06. The summed E-state index contributed by atoms with van der Waals surface area (Å²) in [5.74, 6) is -0.846. The molecule has 6 nitrogen and oxygen atoms in total. The number of oxazole rings is 1. The van der Waals surface area contributed by atoms with E-state index in [0.717, 1.165) is 24.0 Å². The fraction of sp³-hybridized carbons (Fsp3) is 0.500. The molecule has 0 aliphatic carbocycles. The highest BCUT2D eigenvalue weighted by Crippen LogP contribution is 2.24. The minimum Gasteiger partial charge on any atom is -0.444 e. The zero-order valence-electron chi connectivity index (χ0n) is 15.6. The minimum atomic E-state index is -3.85. The summed E-state index contributed by atoms with van der Waals surface area (Å²) in [6, 6.07) is 2.63. The molecule has 1 aliphatic heterocycles. The topological polar surface area (TPSA) is 66.7 Å². The van der Waals surface area contributed by atoms with Gasteiger partial charge in [0.25, 0.3) is 0 Å². The zero-order valence-corrected chi connectivity index (χ0v) is 16.4. The maximum Gasteiger partial charge on any atom is 0.243 e. The largest absolute Gasteiger partial charge is 0.444 e. The van der Waals surface area contributed by atoms with Gasteiger partial charge in [-0.25, -0.2) is 22.2 Å². The van der Waals surface area contributed by atoms with Crippen LogP contribution in [0, 0.1) is 11.6 Å². The first kappa shape index (κ1) is 19.9. The predicted octanol–water partition coefficient (Wildman–Crippen LogP) is 2.76. The van der Waals surface area contributed by atoms with Crippen molar-refractivity contribution in [3.05, 3.63) is 47.7 Å². The molecule has 1 fully saturated rings. The molecular formula is C18H23F2N3O3S. The quantitative estimate of drug-likeness (QED) is 0.791. The second-order valence-electron chi connectivity index (χ2n) is 7.62. The lowest BCUT2D eigenvalue weighted by atomic mass is 9.94. The van der Waals surface area contributed by atoms with Crippen LogP contribution in [0.15, 0.2) is 33.7 Å². The summed E-state index contributed by atoms with van der Waals surface area (Å²) in [4.78, 5) is 6.11. The van der Waals surface area contributed by atoms with Crippen molar-refractivity contribution in [3.8, 4) is 0 Å². The van der Waals surface area contributed by atoms with Crippen LogP contribution in [0.25, 0.3) is 0 Å². The summed E-state index contributed by atoms with van der Waals surface area (Å²) in [5, 5.41) is 0. The standard InChI is InChI=1S/C18H23F2N3O3S/c1-18(2,3)16-11-21-17(26-16)12-22-6-8-23(9-7-22)27(24,25)13-4-5-14(19)15(20)10-13/h4-5,10-11H,6-9,12H2,1-3H3. The molecule has 9 heteroatoms. The van der Waals surface area contributed by atoms with Crippen LogP contribution in [0.2, 0.25) is 0 Å². The molecular weight excluding hydrogens is 376 g/mol. The summed E-state index contributed by atoms with van der Waals surface area (Å²) in [6.07, 6.45) is 1.72. The third kappa shape index (κ3) is 4.36. The molecule has 148 valence electrons. The van der Waals surface area contributed by atoms with Gasteiger partial charge in [-0.1, -0.05) is 20.8 Å². The molecule has 1 aliphatic rings. The van der Waals surface area contributed by atoms with Crippen molar-refractivity contribution >= 4 is 10.0 Å². The summed E-state index contributed by atoms with van der Waals surface area (Å²) in [6.45, 7) is 8.13. The van der Waals surface area contributed by atoms with E-state index in [4.69, 9.17) is 4.42 Å². The summed E-state index contributed by atoms with van der Waals surface area (Å²) < 4.78 is 58.7. The van der Waals surface area contributed by atoms with Gasteiger partial charge in [0.1, 0.15) is 5.76 Å². The van der Waals surface area contributed by atoms with Crippen LogP contribution in [0.3, 0.4) is 0 Å². The van der Waals surface area contributed by atoms with Crippen molar-refractivity contribution in [2.24, 2.45) is 0 Å². The number of rotatable bonds is 4. The lowest BCUT2D eigenvalue weighted by molar-refractivity contribution is 0.166. The molecule has 3 rings (SSSR count). The Bertz CT molecular complexity index is 914.